The van der Waals surface area contributed by atoms with Crippen molar-refractivity contribution in [2.45, 2.75) is 27.2 Å². The van der Waals surface area contributed by atoms with Crippen molar-refractivity contribution >= 4 is 6.29 Å². The molecule has 1 nitrogen and oxygen atoms in total. The van der Waals surface area contributed by atoms with Gasteiger partial charge in [-0.1, -0.05) is 20.8 Å². The molecular weight excluding hydrogens is 100 g/mol. The Kier molecular flexibility index (Phi) is 0.832. The Morgan fingerprint density at radius 3 is 1.75 bits per heavy atom. The lowest BCUT2D eigenvalue weighted by Crippen LogP contribution is -2.03. The average Bonchev–Trinajstić information content (AvgIpc) is 2.10. The molecule has 0 bridgehead atoms. The van der Waals surface area contributed by atoms with Crippen molar-refractivity contribution < 1.29 is 4.79 Å². The molecular formula is C7H12O. The predicted octanol–water partition coefficient (Wildman–Crippen LogP) is 1.62. The topological polar surface area (TPSA) is 17.1 Å². The first kappa shape index (κ1) is 5.80. The molecule has 0 radical (unpaired) electrons. The SMILES string of the molecule is CC1(C)CC1(C)C=O. The van der Waals surface area contributed by atoms with E-state index in [1.165, 1.54) is 0 Å². The number of carbonyl (C=O) groups excluding carboxylic acids is 1. The van der Waals surface area contributed by atoms with E-state index in [0.29, 0.717) is 0 Å². The molecule has 0 aliphatic heterocycles. The Morgan fingerprint density at radius 1 is 1.38 bits per heavy atom. The molecule has 1 unspecified atom stereocenters. The summed E-state index contributed by atoms with van der Waals surface area (Å²) in [5.41, 5.74) is 0.293. The first-order valence-electron chi connectivity index (χ1n) is 2.98. The van der Waals surface area contributed by atoms with Gasteiger partial charge in [0.25, 0.3) is 0 Å². The molecule has 1 atom stereocenters. The molecule has 0 spiro atoms. The van der Waals surface area contributed by atoms with Crippen molar-refractivity contribution in [1.29, 1.82) is 0 Å². The largest absolute Gasteiger partial charge is 0.303 e. The Bertz CT molecular complexity index is 126. The highest BCUT2D eigenvalue weighted by atomic mass is 16.1. The van der Waals surface area contributed by atoms with Gasteiger partial charge in [0.2, 0.25) is 0 Å². The molecule has 0 aromatic rings. The molecule has 1 saturated carbocycles. The van der Waals surface area contributed by atoms with Crippen molar-refractivity contribution in [2.24, 2.45) is 10.8 Å². The summed E-state index contributed by atoms with van der Waals surface area (Å²) < 4.78 is 0. The zero-order valence-electron chi connectivity index (χ0n) is 5.69. The van der Waals surface area contributed by atoms with Gasteiger partial charge in [-0.3, -0.25) is 0 Å². The van der Waals surface area contributed by atoms with Crippen LogP contribution in [0.15, 0.2) is 0 Å². The van der Waals surface area contributed by atoms with Gasteiger partial charge in [0.15, 0.2) is 0 Å². The van der Waals surface area contributed by atoms with E-state index >= 15 is 0 Å². The van der Waals surface area contributed by atoms with Gasteiger partial charge in [-0.15, -0.1) is 0 Å². The maximum absolute atomic E-state index is 10.3. The fourth-order valence-electron chi connectivity index (χ4n) is 1.08. The van der Waals surface area contributed by atoms with Gasteiger partial charge in [-0.25, -0.2) is 0 Å². The fourth-order valence-corrected chi connectivity index (χ4v) is 1.08. The zero-order valence-corrected chi connectivity index (χ0v) is 5.69. The summed E-state index contributed by atoms with van der Waals surface area (Å²) in [4.78, 5) is 10.3. The van der Waals surface area contributed by atoms with Crippen LogP contribution in [0.3, 0.4) is 0 Å². The Hall–Kier alpha value is -0.330. The maximum Gasteiger partial charge on any atom is 0.126 e. The minimum Gasteiger partial charge on any atom is -0.303 e. The van der Waals surface area contributed by atoms with Crippen LogP contribution < -0.4 is 0 Å². The lowest BCUT2D eigenvalue weighted by molar-refractivity contribution is -0.112. The van der Waals surface area contributed by atoms with Crippen LogP contribution >= 0.6 is 0 Å². The van der Waals surface area contributed by atoms with E-state index in [0.717, 1.165) is 12.7 Å². The summed E-state index contributed by atoms with van der Waals surface area (Å²) in [6.45, 7) is 6.27. The predicted molar refractivity (Wildman–Crippen MR) is 32.6 cm³/mol. The number of carbonyl (C=O) groups is 1. The van der Waals surface area contributed by atoms with E-state index < -0.39 is 0 Å². The van der Waals surface area contributed by atoms with Gasteiger partial charge in [0.05, 0.1) is 0 Å². The first-order chi connectivity index (χ1) is 3.52. The second kappa shape index (κ2) is 1.15. The van der Waals surface area contributed by atoms with Crippen LogP contribution in [0.1, 0.15) is 27.2 Å². The summed E-state index contributed by atoms with van der Waals surface area (Å²) >= 11 is 0. The average molecular weight is 112 g/mol. The van der Waals surface area contributed by atoms with Gasteiger partial charge in [0.1, 0.15) is 6.29 Å². The van der Waals surface area contributed by atoms with Gasteiger partial charge in [-0.2, -0.15) is 0 Å². The van der Waals surface area contributed by atoms with E-state index in [9.17, 15) is 4.79 Å². The van der Waals surface area contributed by atoms with Crippen LogP contribution in [-0.2, 0) is 4.79 Å². The normalized spacial score (nSPS) is 41.4. The fraction of sp³-hybridized carbons (Fsp3) is 0.857. The molecule has 1 rings (SSSR count). The highest BCUT2D eigenvalue weighted by Gasteiger charge is 2.57. The lowest BCUT2D eigenvalue weighted by atomic mass is 10.0. The van der Waals surface area contributed by atoms with Crippen LogP contribution in [0, 0.1) is 10.8 Å². The van der Waals surface area contributed by atoms with Crippen LogP contribution in [0.2, 0.25) is 0 Å². The van der Waals surface area contributed by atoms with Crippen LogP contribution in [0.25, 0.3) is 0 Å². The van der Waals surface area contributed by atoms with Crippen molar-refractivity contribution in [3.8, 4) is 0 Å². The molecule has 0 heterocycles. The van der Waals surface area contributed by atoms with Crippen LogP contribution in [0.4, 0.5) is 0 Å². The molecule has 1 heteroatoms. The van der Waals surface area contributed by atoms with E-state index in [4.69, 9.17) is 0 Å². The Morgan fingerprint density at radius 2 is 1.75 bits per heavy atom. The van der Waals surface area contributed by atoms with Crippen molar-refractivity contribution in [2.75, 3.05) is 0 Å². The second-order valence-electron chi connectivity index (χ2n) is 3.60. The molecule has 1 aliphatic rings. The van der Waals surface area contributed by atoms with Crippen molar-refractivity contribution in [3.63, 3.8) is 0 Å². The number of hydrogen-bond donors (Lipinski definition) is 0. The molecule has 1 fully saturated rings. The van der Waals surface area contributed by atoms with Crippen LogP contribution in [0.5, 0.6) is 0 Å². The standard InChI is InChI=1S/C7H12O/c1-6(2)4-7(6,3)5-8/h5H,4H2,1-3H3. The molecule has 1 aliphatic carbocycles. The molecule has 0 amide bonds. The maximum atomic E-state index is 10.3. The zero-order chi connectivity index (χ0) is 6.41. The third-order valence-electron chi connectivity index (χ3n) is 2.49. The van der Waals surface area contributed by atoms with Gasteiger partial charge in [-0.05, 0) is 11.8 Å². The van der Waals surface area contributed by atoms with Crippen molar-refractivity contribution in [3.05, 3.63) is 0 Å². The minimum atomic E-state index is 0.00694. The van der Waals surface area contributed by atoms with E-state index in [1.54, 1.807) is 0 Å². The second-order valence-corrected chi connectivity index (χ2v) is 3.60. The molecule has 46 valence electrons. The number of rotatable bonds is 1. The monoisotopic (exact) mass is 112 g/mol. The molecule has 0 N–H and O–H groups in total. The number of aldehydes is 1. The van der Waals surface area contributed by atoms with Gasteiger partial charge < -0.3 is 4.79 Å². The smallest absolute Gasteiger partial charge is 0.126 e. The molecule has 0 aromatic heterocycles. The summed E-state index contributed by atoms with van der Waals surface area (Å²) in [5.74, 6) is 0. The van der Waals surface area contributed by atoms with E-state index in [-0.39, 0.29) is 10.8 Å². The lowest BCUT2D eigenvalue weighted by Gasteiger charge is -2.03. The minimum absolute atomic E-state index is 0.00694. The molecule has 0 aromatic carbocycles. The quantitative estimate of drug-likeness (QED) is 0.471. The van der Waals surface area contributed by atoms with Gasteiger partial charge in [0, 0.05) is 5.41 Å². The van der Waals surface area contributed by atoms with E-state index in [2.05, 4.69) is 13.8 Å². The molecule has 0 saturated heterocycles. The third kappa shape index (κ3) is 0.504. The number of hydrogen-bond acceptors (Lipinski definition) is 1. The Labute approximate surface area is 50.1 Å². The van der Waals surface area contributed by atoms with Crippen molar-refractivity contribution in [1.82, 2.24) is 0 Å². The first-order valence-corrected chi connectivity index (χ1v) is 2.98. The van der Waals surface area contributed by atoms with Crippen LogP contribution in [-0.4, -0.2) is 6.29 Å². The molecule has 8 heavy (non-hydrogen) atoms. The Balaban J connectivity index is 2.68. The third-order valence-corrected chi connectivity index (χ3v) is 2.49. The van der Waals surface area contributed by atoms with E-state index in [1.807, 2.05) is 6.92 Å². The summed E-state index contributed by atoms with van der Waals surface area (Å²) in [6.07, 6.45) is 2.14. The highest BCUT2D eigenvalue weighted by Crippen LogP contribution is 2.61. The van der Waals surface area contributed by atoms with Gasteiger partial charge >= 0.3 is 0 Å². The summed E-state index contributed by atoms with van der Waals surface area (Å²) in [6, 6.07) is 0. The summed E-state index contributed by atoms with van der Waals surface area (Å²) in [7, 11) is 0. The summed E-state index contributed by atoms with van der Waals surface area (Å²) in [5, 5.41) is 0. The highest BCUT2D eigenvalue weighted by molar-refractivity contribution is 5.65.